The summed E-state index contributed by atoms with van der Waals surface area (Å²) in [6.45, 7) is 3.61. The van der Waals surface area contributed by atoms with Gasteiger partial charge in [0.15, 0.2) is 5.82 Å². The number of carbonyl (C=O) groups excluding carboxylic acids is 1. The number of fused-ring (bicyclic) bond motifs is 2. The molecule has 0 bridgehead atoms. The minimum Gasteiger partial charge on any atom is -0.458 e. The maximum absolute atomic E-state index is 12.2. The molecule has 1 aromatic carbocycles. The molecule has 1 aromatic heterocycles. The second-order valence-electron chi connectivity index (χ2n) is 7.29. The number of hydrogen-bond donors (Lipinski definition) is 2. The van der Waals surface area contributed by atoms with Gasteiger partial charge >= 0.3 is 5.97 Å². The van der Waals surface area contributed by atoms with E-state index in [0.717, 1.165) is 42.7 Å². The summed E-state index contributed by atoms with van der Waals surface area (Å²) in [7, 11) is 0. The highest BCUT2D eigenvalue weighted by Crippen LogP contribution is 2.40. The summed E-state index contributed by atoms with van der Waals surface area (Å²) in [5.74, 6) is 0.0852. The SMILES string of the molecule is CC(C)OC(=O)c1nc(Nc2c3c(cc4c2CCC4)CCC3)c(/C=N\O)s1. The standard InChI is InChI=1S/C20H23N3O3S/c1-11(2)26-20(24)19-23-18(16(27-19)10-21-25)22-17-14-7-3-5-12(14)9-13-6-4-8-15(13)17/h9-11,22,25H,3-8H2,1-2H3/b21-10-. The molecule has 2 aliphatic carbocycles. The number of thiazole rings is 1. The minimum atomic E-state index is -0.459. The summed E-state index contributed by atoms with van der Waals surface area (Å²) < 4.78 is 5.26. The summed E-state index contributed by atoms with van der Waals surface area (Å²) in [6.07, 6.45) is 7.78. The van der Waals surface area contributed by atoms with Gasteiger partial charge in [-0.2, -0.15) is 0 Å². The number of oxime groups is 1. The van der Waals surface area contributed by atoms with E-state index in [9.17, 15) is 4.79 Å². The van der Waals surface area contributed by atoms with Crippen molar-refractivity contribution in [2.75, 3.05) is 5.32 Å². The van der Waals surface area contributed by atoms with E-state index in [4.69, 9.17) is 9.94 Å². The third-order valence-electron chi connectivity index (χ3n) is 5.06. The smallest absolute Gasteiger partial charge is 0.367 e. The molecule has 7 heteroatoms. The Morgan fingerprint density at radius 2 is 1.93 bits per heavy atom. The van der Waals surface area contributed by atoms with Crippen LogP contribution in [-0.2, 0) is 30.4 Å². The van der Waals surface area contributed by atoms with Crippen LogP contribution in [0.15, 0.2) is 11.2 Å². The largest absolute Gasteiger partial charge is 0.458 e. The first-order chi connectivity index (χ1) is 13.1. The first-order valence-corrected chi connectivity index (χ1v) is 10.2. The van der Waals surface area contributed by atoms with Gasteiger partial charge in [0.1, 0.15) is 0 Å². The Morgan fingerprint density at radius 1 is 1.26 bits per heavy atom. The Morgan fingerprint density at radius 3 is 2.52 bits per heavy atom. The number of nitrogens with one attached hydrogen (secondary N) is 1. The quantitative estimate of drug-likeness (QED) is 0.348. The predicted molar refractivity (Wildman–Crippen MR) is 106 cm³/mol. The van der Waals surface area contributed by atoms with E-state index >= 15 is 0 Å². The molecule has 2 N–H and O–H groups in total. The van der Waals surface area contributed by atoms with Crippen LogP contribution in [0.2, 0.25) is 0 Å². The first kappa shape index (κ1) is 18.0. The molecule has 0 unspecified atom stereocenters. The number of aryl methyl sites for hydroxylation is 2. The number of aromatic nitrogens is 1. The van der Waals surface area contributed by atoms with E-state index in [-0.39, 0.29) is 11.1 Å². The monoisotopic (exact) mass is 385 g/mol. The summed E-state index contributed by atoms with van der Waals surface area (Å²) >= 11 is 1.16. The van der Waals surface area contributed by atoms with Crippen LogP contribution in [0.4, 0.5) is 11.5 Å². The zero-order valence-corrected chi connectivity index (χ0v) is 16.4. The predicted octanol–water partition coefficient (Wildman–Crippen LogP) is 4.24. The number of hydrogen-bond acceptors (Lipinski definition) is 7. The lowest BCUT2D eigenvalue weighted by atomic mass is 9.98. The fourth-order valence-electron chi connectivity index (χ4n) is 4.00. The van der Waals surface area contributed by atoms with Gasteiger partial charge in [-0.3, -0.25) is 0 Å². The van der Waals surface area contributed by atoms with Crippen LogP contribution < -0.4 is 5.32 Å². The van der Waals surface area contributed by atoms with Crippen LogP contribution in [0.5, 0.6) is 0 Å². The third-order valence-corrected chi connectivity index (χ3v) is 6.03. The zero-order chi connectivity index (χ0) is 19.0. The minimum absolute atomic E-state index is 0.214. The van der Waals surface area contributed by atoms with E-state index in [2.05, 4.69) is 21.5 Å². The maximum Gasteiger partial charge on any atom is 0.367 e. The van der Waals surface area contributed by atoms with Crippen molar-refractivity contribution in [1.82, 2.24) is 4.98 Å². The van der Waals surface area contributed by atoms with Crippen molar-refractivity contribution in [2.45, 2.75) is 58.5 Å². The summed E-state index contributed by atoms with van der Waals surface area (Å²) in [6, 6.07) is 2.37. The molecule has 4 rings (SSSR count). The van der Waals surface area contributed by atoms with Crippen molar-refractivity contribution in [3.05, 3.63) is 38.2 Å². The van der Waals surface area contributed by atoms with E-state index in [1.807, 2.05) is 0 Å². The fourth-order valence-corrected chi connectivity index (χ4v) is 4.77. The molecule has 2 aromatic rings. The van der Waals surface area contributed by atoms with Crippen molar-refractivity contribution in [3.63, 3.8) is 0 Å². The van der Waals surface area contributed by atoms with E-state index in [1.54, 1.807) is 13.8 Å². The Balaban J connectivity index is 1.73. The lowest BCUT2D eigenvalue weighted by Crippen LogP contribution is -2.11. The van der Waals surface area contributed by atoms with Crippen molar-refractivity contribution in [1.29, 1.82) is 0 Å². The van der Waals surface area contributed by atoms with Crippen molar-refractivity contribution >= 4 is 35.0 Å². The van der Waals surface area contributed by atoms with Crippen molar-refractivity contribution in [2.24, 2.45) is 5.16 Å². The van der Waals surface area contributed by atoms with Gasteiger partial charge < -0.3 is 15.3 Å². The number of benzene rings is 1. The number of ether oxygens (including phenoxy) is 1. The Labute approximate surface area is 162 Å². The molecule has 0 spiro atoms. The van der Waals surface area contributed by atoms with E-state index in [0.29, 0.717) is 10.7 Å². The van der Waals surface area contributed by atoms with Crippen LogP contribution in [0.3, 0.4) is 0 Å². The van der Waals surface area contributed by atoms with Gasteiger partial charge in [-0.25, -0.2) is 9.78 Å². The topological polar surface area (TPSA) is 83.8 Å². The van der Waals surface area contributed by atoms with Gasteiger partial charge in [0.05, 0.1) is 17.2 Å². The Hall–Kier alpha value is -2.41. The Kier molecular flexibility index (Phi) is 4.86. The van der Waals surface area contributed by atoms with Crippen LogP contribution >= 0.6 is 11.3 Å². The molecule has 0 radical (unpaired) electrons. The average molecular weight is 385 g/mol. The van der Waals surface area contributed by atoms with Gasteiger partial charge in [-0.15, -0.1) is 11.3 Å². The molecule has 0 saturated heterocycles. The van der Waals surface area contributed by atoms with Gasteiger partial charge in [0.2, 0.25) is 5.01 Å². The van der Waals surface area contributed by atoms with E-state index < -0.39 is 5.97 Å². The lowest BCUT2D eigenvalue weighted by Gasteiger charge is -2.16. The van der Waals surface area contributed by atoms with Crippen LogP contribution in [0.25, 0.3) is 0 Å². The van der Waals surface area contributed by atoms with Crippen LogP contribution in [-0.4, -0.2) is 28.5 Å². The number of nitrogens with zero attached hydrogens (tertiary/aromatic N) is 2. The summed E-state index contributed by atoms with van der Waals surface area (Å²) in [4.78, 5) is 17.3. The Bertz CT molecular complexity index is 885. The molecule has 27 heavy (non-hydrogen) atoms. The molecule has 0 amide bonds. The normalized spacial score (nSPS) is 15.4. The molecule has 0 atom stereocenters. The molecule has 0 aliphatic heterocycles. The number of anilines is 2. The highest BCUT2D eigenvalue weighted by atomic mass is 32.1. The summed E-state index contributed by atoms with van der Waals surface area (Å²) in [5, 5.41) is 15.9. The summed E-state index contributed by atoms with van der Waals surface area (Å²) in [5.41, 5.74) is 6.71. The molecule has 0 saturated carbocycles. The number of esters is 1. The number of carbonyl (C=O) groups is 1. The first-order valence-electron chi connectivity index (χ1n) is 9.39. The molecule has 0 fully saturated rings. The van der Waals surface area contributed by atoms with Gasteiger partial charge in [0, 0.05) is 5.69 Å². The van der Waals surface area contributed by atoms with Gasteiger partial charge in [0.25, 0.3) is 0 Å². The molecule has 2 aliphatic rings. The van der Waals surface area contributed by atoms with E-state index in [1.165, 1.54) is 41.3 Å². The average Bonchev–Trinajstić information content (AvgIpc) is 3.34. The second-order valence-corrected chi connectivity index (χ2v) is 8.32. The molecule has 6 nitrogen and oxygen atoms in total. The van der Waals surface area contributed by atoms with Crippen molar-refractivity contribution in [3.8, 4) is 0 Å². The second kappa shape index (κ2) is 7.31. The lowest BCUT2D eigenvalue weighted by molar-refractivity contribution is 0.0377. The fraction of sp³-hybridized carbons (Fsp3) is 0.450. The molecule has 1 heterocycles. The van der Waals surface area contributed by atoms with Crippen LogP contribution in [0, 0.1) is 0 Å². The zero-order valence-electron chi connectivity index (χ0n) is 15.5. The third kappa shape index (κ3) is 3.43. The number of rotatable bonds is 5. The molecule has 142 valence electrons. The highest BCUT2D eigenvalue weighted by molar-refractivity contribution is 7.15. The molecular formula is C20H23N3O3S. The van der Waals surface area contributed by atoms with Gasteiger partial charge in [-0.05, 0) is 74.6 Å². The van der Waals surface area contributed by atoms with Gasteiger partial charge in [-0.1, -0.05) is 11.2 Å². The van der Waals surface area contributed by atoms with Crippen LogP contribution in [0.1, 0.15) is 63.6 Å². The van der Waals surface area contributed by atoms with Crippen molar-refractivity contribution < 1.29 is 14.7 Å². The highest BCUT2D eigenvalue weighted by Gasteiger charge is 2.26. The molecular weight excluding hydrogens is 362 g/mol. The maximum atomic E-state index is 12.2.